The summed E-state index contributed by atoms with van der Waals surface area (Å²) in [5, 5.41) is 4.53. The second kappa shape index (κ2) is 7.10. The third-order valence-corrected chi connectivity index (χ3v) is 2.96. The fraction of sp³-hybridized carbons (Fsp3) is 0.438. The lowest BCUT2D eigenvalue weighted by Gasteiger charge is -2.09. The minimum absolute atomic E-state index is 0.561. The smallest absolute Gasteiger partial charge is 0.138 e. The summed E-state index contributed by atoms with van der Waals surface area (Å²) in [5.41, 5.74) is 1.01. The highest BCUT2D eigenvalue weighted by Crippen LogP contribution is 2.17. The second-order valence-corrected chi connectivity index (χ2v) is 5.03. The van der Waals surface area contributed by atoms with Gasteiger partial charge in [0.25, 0.3) is 0 Å². The van der Waals surface area contributed by atoms with E-state index in [0.717, 1.165) is 42.6 Å². The van der Waals surface area contributed by atoms with E-state index < -0.39 is 0 Å². The van der Waals surface area contributed by atoms with Gasteiger partial charge in [0.1, 0.15) is 5.75 Å². The van der Waals surface area contributed by atoms with Crippen molar-refractivity contribution in [1.82, 2.24) is 10.3 Å². The van der Waals surface area contributed by atoms with Crippen LogP contribution in [0.5, 0.6) is 5.75 Å². The highest BCUT2D eigenvalue weighted by atomic mass is 16.5. The first kappa shape index (κ1) is 13.8. The van der Waals surface area contributed by atoms with Gasteiger partial charge < -0.3 is 10.1 Å². The molecule has 1 aromatic carbocycles. The average molecular weight is 258 g/mol. The molecule has 1 heterocycles. The molecule has 0 fully saturated rings. The standard InChI is InChI=1S/C16H22N2O/c1-13(2)17-9-5-6-10-19-15-11-14-7-3-4-8-16(14)18-12-15/h3-4,7-8,11-13,17H,5-6,9-10H2,1-2H3. The zero-order valence-electron chi connectivity index (χ0n) is 11.7. The summed E-state index contributed by atoms with van der Waals surface area (Å²) < 4.78 is 5.73. The molecule has 1 aromatic heterocycles. The molecule has 0 saturated carbocycles. The molecule has 0 aliphatic heterocycles. The Balaban J connectivity index is 1.75. The number of unbranched alkanes of at least 4 members (excludes halogenated alkanes) is 1. The Labute approximate surface area is 115 Å². The van der Waals surface area contributed by atoms with Crippen LogP contribution in [0.2, 0.25) is 0 Å². The van der Waals surface area contributed by atoms with E-state index in [1.54, 1.807) is 6.20 Å². The molecule has 3 nitrogen and oxygen atoms in total. The lowest BCUT2D eigenvalue weighted by Crippen LogP contribution is -2.23. The van der Waals surface area contributed by atoms with Gasteiger partial charge in [-0.1, -0.05) is 32.0 Å². The van der Waals surface area contributed by atoms with Gasteiger partial charge in [0.15, 0.2) is 0 Å². The highest BCUT2D eigenvalue weighted by Gasteiger charge is 1.98. The number of ether oxygens (including phenoxy) is 1. The molecule has 2 rings (SSSR count). The lowest BCUT2D eigenvalue weighted by molar-refractivity contribution is 0.304. The molecule has 102 valence electrons. The maximum absolute atomic E-state index is 5.73. The molecule has 19 heavy (non-hydrogen) atoms. The number of aromatic nitrogens is 1. The van der Waals surface area contributed by atoms with Crippen molar-refractivity contribution in [2.75, 3.05) is 13.2 Å². The molecule has 0 bridgehead atoms. The Bertz CT molecular complexity index is 511. The van der Waals surface area contributed by atoms with Gasteiger partial charge in [0, 0.05) is 11.4 Å². The largest absolute Gasteiger partial charge is 0.492 e. The summed E-state index contributed by atoms with van der Waals surface area (Å²) in [6, 6.07) is 10.7. The molecular weight excluding hydrogens is 236 g/mol. The van der Waals surface area contributed by atoms with Crippen LogP contribution in [-0.2, 0) is 0 Å². The van der Waals surface area contributed by atoms with Gasteiger partial charge in [-0.2, -0.15) is 0 Å². The molecule has 0 aliphatic rings. The number of rotatable bonds is 7. The fourth-order valence-electron chi connectivity index (χ4n) is 1.94. The fourth-order valence-corrected chi connectivity index (χ4v) is 1.94. The molecule has 0 radical (unpaired) electrons. The number of fused-ring (bicyclic) bond motifs is 1. The summed E-state index contributed by atoms with van der Waals surface area (Å²) >= 11 is 0. The van der Waals surface area contributed by atoms with Crippen LogP contribution >= 0.6 is 0 Å². The first-order chi connectivity index (χ1) is 9.25. The van der Waals surface area contributed by atoms with E-state index in [2.05, 4.69) is 36.3 Å². The Morgan fingerprint density at radius 1 is 1.21 bits per heavy atom. The quantitative estimate of drug-likeness (QED) is 0.773. The van der Waals surface area contributed by atoms with Crippen molar-refractivity contribution in [1.29, 1.82) is 0 Å². The van der Waals surface area contributed by atoms with Gasteiger partial charge in [-0.05, 0) is 31.5 Å². The minimum Gasteiger partial charge on any atom is -0.492 e. The number of pyridine rings is 1. The zero-order valence-corrected chi connectivity index (χ0v) is 11.7. The van der Waals surface area contributed by atoms with Crippen molar-refractivity contribution in [2.45, 2.75) is 32.7 Å². The van der Waals surface area contributed by atoms with Crippen LogP contribution in [0.15, 0.2) is 36.5 Å². The normalized spacial score (nSPS) is 11.1. The van der Waals surface area contributed by atoms with Gasteiger partial charge in [-0.3, -0.25) is 4.98 Å². The van der Waals surface area contributed by atoms with E-state index in [-0.39, 0.29) is 0 Å². The van der Waals surface area contributed by atoms with Crippen LogP contribution in [0.3, 0.4) is 0 Å². The molecule has 0 atom stereocenters. The summed E-state index contributed by atoms with van der Waals surface area (Å²) in [5.74, 6) is 0.857. The van der Waals surface area contributed by atoms with Gasteiger partial charge in [-0.15, -0.1) is 0 Å². The van der Waals surface area contributed by atoms with E-state index >= 15 is 0 Å². The zero-order chi connectivity index (χ0) is 13.5. The van der Waals surface area contributed by atoms with E-state index in [9.17, 15) is 0 Å². The third kappa shape index (κ3) is 4.52. The summed E-state index contributed by atoms with van der Waals surface area (Å²) in [7, 11) is 0. The van der Waals surface area contributed by atoms with Crippen LogP contribution in [0, 0.1) is 0 Å². The number of nitrogens with zero attached hydrogens (tertiary/aromatic N) is 1. The summed E-state index contributed by atoms with van der Waals surface area (Å²) in [6.07, 6.45) is 4.00. The van der Waals surface area contributed by atoms with Crippen LogP contribution in [0.4, 0.5) is 0 Å². The van der Waals surface area contributed by atoms with Crippen LogP contribution in [0.25, 0.3) is 10.9 Å². The lowest BCUT2D eigenvalue weighted by atomic mass is 10.2. The SMILES string of the molecule is CC(C)NCCCCOc1cnc2ccccc2c1. The molecule has 2 aromatic rings. The number of hydrogen-bond donors (Lipinski definition) is 1. The predicted molar refractivity (Wildman–Crippen MR) is 79.6 cm³/mol. The average Bonchev–Trinajstić information content (AvgIpc) is 2.42. The number of para-hydroxylation sites is 1. The Hall–Kier alpha value is -1.61. The highest BCUT2D eigenvalue weighted by molar-refractivity contribution is 5.79. The monoisotopic (exact) mass is 258 g/mol. The molecule has 1 N–H and O–H groups in total. The maximum Gasteiger partial charge on any atom is 0.138 e. The molecule has 0 saturated heterocycles. The van der Waals surface area contributed by atoms with Gasteiger partial charge in [0.2, 0.25) is 0 Å². The van der Waals surface area contributed by atoms with Crippen LogP contribution in [0.1, 0.15) is 26.7 Å². The van der Waals surface area contributed by atoms with Gasteiger partial charge >= 0.3 is 0 Å². The molecule has 3 heteroatoms. The third-order valence-electron chi connectivity index (χ3n) is 2.96. The minimum atomic E-state index is 0.561. The van der Waals surface area contributed by atoms with E-state index in [4.69, 9.17) is 4.74 Å². The van der Waals surface area contributed by atoms with Crippen molar-refractivity contribution in [3.8, 4) is 5.75 Å². The summed E-state index contributed by atoms with van der Waals surface area (Å²) in [4.78, 5) is 4.38. The van der Waals surface area contributed by atoms with Gasteiger partial charge in [0.05, 0.1) is 18.3 Å². The molecule has 0 unspecified atom stereocenters. The van der Waals surface area contributed by atoms with Crippen molar-refractivity contribution >= 4 is 10.9 Å². The second-order valence-electron chi connectivity index (χ2n) is 5.03. The number of hydrogen-bond acceptors (Lipinski definition) is 3. The van der Waals surface area contributed by atoms with Crippen LogP contribution < -0.4 is 10.1 Å². The first-order valence-corrected chi connectivity index (χ1v) is 6.96. The topological polar surface area (TPSA) is 34.1 Å². The summed E-state index contributed by atoms with van der Waals surface area (Å²) in [6.45, 7) is 6.13. The van der Waals surface area contributed by atoms with Crippen molar-refractivity contribution in [3.05, 3.63) is 36.5 Å². The molecule has 0 amide bonds. The van der Waals surface area contributed by atoms with Gasteiger partial charge in [-0.25, -0.2) is 0 Å². The maximum atomic E-state index is 5.73. The Kier molecular flexibility index (Phi) is 5.16. The Morgan fingerprint density at radius 2 is 2.05 bits per heavy atom. The molecule has 0 aliphatic carbocycles. The van der Waals surface area contributed by atoms with Crippen LogP contribution in [-0.4, -0.2) is 24.2 Å². The van der Waals surface area contributed by atoms with E-state index in [1.165, 1.54) is 0 Å². The van der Waals surface area contributed by atoms with Crippen molar-refractivity contribution < 1.29 is 4.74 Å². The predicted octanol–water partition coefficient (Wildman–Crippen LogP) is 3.39. The number of nitrogens with one attached hydrogen (secondary N) is 1. The molecular formula is C16H22N2O. The molecule has 0 spiro atoms. The number of benzene rings is 1. The van der Waals surface area contributed by atoms with E-state index in [0.29, 0.717) is 6.04 Å². The Morgan fingerprint density at radius 3 is 2.89 bits per heavy atom. The van der Waals surface area contributed by atoms with Crippen molar-refractivity contribution in [3.63, 3.8) is 0 Å². The van der Waals surface area contributed by atoms with E-state index in [1.807, 2.05) is 18.2 Å². The van der Waals surface area contributed by atoms with Crippen molar-refractivity contribution in [2.24, 2.45) is 0 Å². The first-order valence-electron chi connectivity index (χ1n) is 6.96.